The maximum absolute atomic E-state index is 13.0. The van der Waals surface area contributed by atoms with Crippen LogP contribution in [0.1, 0.15) is 51.4 Å². The zero-order valence-electron chi connectivity index (χ0n) is 20.0. The number of sulfonamides is 1. The normalized spacial score (nSPS) is 22.0. The van der Waals surface area contributed by atoms with Crippen molar-refractivity contribution in [1.29, 1.82) is 0 Å². The van der Waals surface area contributed by atoms with E-state index in [2.05, 4.69) is 10.0 Å². The molecule has 2 aliphatic rings. The highest BCUT2D eigenvalue weighted by Crippen LogP contribution is 2.54. The first-order chi connectivity index (χ1) is 15.8. The molecule has 1 amide bonds. The van der Waals surface area contributed by atoms with Crippen LogP contribution in [-0.2, 0) is 27.7 Å². The highest BCUT2D eigenvalue weighted by Gasteiger charge is 2.46. The van der Waals surface area contributed by atoms with Crippen LogP contribution in [0, 0.1) is 5.92 Å². The van der Waals surface area contributed by atoms with E-state index in [4.69, 9.17) is 5.10 Å². The standard InChI is InChI=1S/C23H34N4O5S2/c1-5-24-34(31,32)18-8-6-7-16(11-18)21-19-10-9-17(12-20(19)27(26-21)15(2)3)22(28)25-23(4)13-33(29,30)14-23/h6-8,11,15,17,24,29-30H,5,9-10,12-14H2,1-4H3,(H,25,28). The van der Waals surface area contributed by atoms with Crippen LogP contribution in [0.25, 0.3) is 11.3 Å². The summed E-state index contributed by atoms with van der Waals surface area (Å²) in [7, 11) is -6.14. The Bertz CT molecular complexity index is 1200. The van der Waals surface area contributed by atoms with Crippen LogP contribution in [0.5, 0.6) is 0 Å². The maximum atomic E-state index is 13.0. The molecule has 0 radical (unpaired) electrons. The number of aromatic nitrogens is 2. The Labute approximate surface area is 202 Å². The average Bonchev–Trinajstić information content (AvgIpc) is 3.11. The van der Waals surface area contributed by atoms with Gasteiger partial charge < -0.3 is 5.32 Å². The van der Waals surface area contributed by atoms with Crippen molar-refractivity contribution in [2.24, 2.45) is 5.92 Å². The molecule has 1 aliphatic heterocycles. The van der Waals surface area contributed by atoms with Gasteiger partial charge in [-0.1, -0.05) is 19.1 Å². The van der Waals surface area contributed by atoms with Crippen LogP contribution >= 0.6 is 10.6 Å². The van der Waals surface area contributed by atoms with Crippen LogP contribution in [0.15, 0.2) is 29.2 Å². The fourth-order valence-electron chi connectivity index (χ4n) is 5.05. The lowest BCUT2D eigenvalue weighted by Crippen LogP contribution is -2.62. The Morgan fingerprint density at radius 2 is 2.03 bits per heavy atom. The van der Waals surface area contributed by atoms with E-state index >= 15 is 0 Å². The highest BCUT2D eigenvalue weighted by atomic mass is 32.3. The molecule has 4 N–H and O–H groups in total. The molecule has 0 saturated carbocycles. The molecule has 0 bridgehead atoms. The minimum absolute atomic E-state index is 0.0696. The van der Waals surface area contributed by atoms with Gasteiger partial charge in [-0.2, -0.15) is 15.7 Å². The van der Waals surface area contributed by atoms with Crippen LogP contribution in [-0.4, -0.2) is 56.8 Å². The van der Waals surface area contributed by atoms with E-state index < -0.39 is 26.2 Å². The molecule has 4 rings (SSSR count). The summed E-state index contributed by atoms with van der Waals surface area (Å²) >= 11 is 0. The first-order valence-corrected chi connectivity index (χ1v) is 15.0. The molecule has 1 aromatic carbocycles. The van der Waals surface area contributed by atoms with Crippen molar-refractivity contribution in [1.82, 2.24) is 19.8 Å². The van der Waals surface area contributed by atoms with E-state index in [1.165, 1.54) is 0 Å². The molecule has 1 fully saturated rings. The van der Waals surface area contributed by atoms with E-state index in [9.17, 15) is 22.3 Å². The summed E-state index contributed by atoms with van der Waals surface area (Å²) in [6.45, 7) is 7.97. The third kappa shape index (κ3) is 4.90. The van der Waals surface area contributed by atoms with Gasteiger partial charge in [-0.3, -0.25) is 18.6 Å². The molecule has 1 unspecified atom stereocenters. The summed E-state index contributed by atoms with van der Waals surface area (Å²) in [5, 5.41) is 7.88. The average molecular weight is 511 g/mol. The summed E-state index contributed by atoms with van der Waals surface area (Å²) in [5.41, 5.74) is 2.98. The van der Waals surface area contributed by atoms with Crippen LogP contribution in [0.2, 0.25) is 0 Å². The number of rotatable bonds is 7. The summed E-state index contributed by atoms with van der Waals surface area (Å²) < 4.78 is 49.0. The Balaban J connectivity index is 1.62. The van der Waals surface area contributed by atoms with Crippen LogP contribution in [0.3, 0.4) is 0 Å². The first-order valence-electron chi connectivity index (χ1n) is 11.6. The van der Waals surface area contributed by atoms with Crippen molar-refractivity contribution < 1.29 is 22.3 Å². The third-order valence-electron chi connectivity index (χ3n) is 6.44. The number of carbonyl (C=O) groups excluding carboxylic acids is 1. The van der Waals surface area contributed by atoms with Gasteiger partial charge in [0.05, 0.1) is 27.6 Å². The van der Waals surface area contributed by atoms with Gasteiger partial charge in [-0.15, -0.1) is 0 Å². The Morgan fingerprint density at radius 3 is 2.65 bits per heavy atom. The fraction of sp³-hybridized carbons (Fsp3) is 0.565. The maximum Gasteiger partial charge on any atom is 0.240 e. The smallest absolute Gasteiger partial charge is 0.240 e. The van der Waals surface area contributed by atoms with Gasteiger partial charge in [0.2, 0.25) is 15.9 Å². The minimum atomic E-state index is -3.59. The second-order valence-electron chi connectivity index (χ2n) is 9.92. The quantitative estimate of drug-likeness (QED) is 0.452. The third-order valence-corrected chi connectivity index (χ3v) is 10.2. The van der Waals surface area contributed by atoms with Gasteiger partial charge in [0.1, 0.15) is 0 Å². The van der Waals surface area contributed by atoms with E-state index in [1.54, 1.807) is 25.1 Å². The van der Waals surface area contributed by atoms with Crippen LogP contribution in [0.4, 0.5) is 0 Å². The molecular weight excluding hydrogens is 476 g/mol. The van der Waals surface area contributed by atoms with Crippen molar-refractivity contribution >= 4 is 26.5 Å². The Hall–Kier alpha value is -1.92. The Morgan fingerprint density at radius 1 is 1.32 bits per heavy atom. The zero-order valence-corrected chi connectivity index (χ0v) is 21.7. The first kappa shape index (κ1) is 25.2. The van der Waals surface area contributed by atoms with Crippen molar-refractivity contribution in [2.45, 2.75) is 63.4 Å². The molecule has 2 aromatic rings. The number of nitrogens with zero attached hydrogens (tertiary/aromatic N) is 2. The monoisotopic (exact) mass is 510 g/mol. The van der Waals surface area contributed by atoms with Gasteiger partial charge >= 0.3 is 0 Å². The summed E-state index contributed by atoms with van der Waals surface area (Å²) in [6.07, 6.45) is 1.84. The zero-order chi connectivity index (χ0) is 24.9. The van der Waals surface area contributed by atoms with E-state index in [0.717, 1.165) is 22.5 Å². The molecule has 1 saturated heterocycles. The lowest BCUT2D eigenvalue weighted by Gasteiger charge is -2.54. The number of hydrogen-bond acceptors (Lipinski definition) is 6. The van der Waals surface area contributed by atoms with Gasteiger partial charge in [0.15, 0.2) is 0 Å². The minimum Gasteiger partial charge on any atom is -0.348 e. The predicted molar refractivity (Wildman–Crippen MR) is 134 cm³/mol. The van der Waals surface area contributed by atoms with Crippen molar-refractivity contribution in [3.63, 3.8) is 0 Å². The molecule has 0 spiro atoms. The summed E-state index contributed by atoms with van der Waals surface area (Å²) in [4.78, 5) is 13.2. The highest BCUT2D eigenvalue weighted by molar-refractivity contribution is 8.25. The molecule has 1 aromatic heterocycles. The topological polar surface area (TPSA) is 134 Å². The van der Waals surface area contributed by atoms with Gasteiger partial charge in [-0.05, 0) is 45.7 Å². The molecule has 1 atom stereocenters. The predicted octanol–water partition coefficient (Wildman–Crippen LogP) is 3.17. The van der Waals surface area contributed by atoms with Crippen molar-refractivity contribution in [2.75, 3.05) is 18.1 Å². The van der Waals surface area contributed by atoms with Crippen LogP contribution < -0.4 is 10.0 Å². The van der Waals surface area contributed by atoms with E-state index in [0.29, 0.717) is 25.8 Å². The van der Waals surface area contributed by atoms with Crippen molar-refractivity contribution in [3.8, 4) is 11.3 Å². The van der Waals surface area contributed by atoms with Gasteiger partial charge in [0, 0.05) is 41.7 Å². The lowest BCUT2D eigenvalue weighted by molar-refractivity contribution is -0.126. The summed E-state index contributed by atoms with van der Waals surface area (Å²) in [6, 6.07) is 6.90. The molecule has 9 nitrogen and oxygen atoms in total. The molecule has 11 heteroatoms. The number of hydrogen-bond donors (Lipinski definition) is 4. The number of carbonyl (C=O) groups is 1. The molecule has 2 heterocycles. The van der Waals surface area contributed by atoms with E-state index in [1.807, 2.05) is 31.5 Å². The van der Waals surface area contributed by atoms with Crippen molar-refractivity contribution in [3.05, 3.63) is 35.5 Å². The van der Waals surface area contributed by atoms with Gasteiger partial charge in [-0.25, -0.2) is 13.1 Å². The number of nitrogens with one attached hydrogen (secondary N) is 2. The number of fused-ring (bicyclic) bond motifs is 1. The molecule has 34 heavy (non-hydrogen) atoms. The Kier molecular flexibility index (Phi) is 6.62. The molecule has 1 aliphatic carbocycles. The molecule has 188 valence electrons. The molecular formula is C23H34N4O5S2. The number of amides is 1. The SMILES string of the molecule is CCNS(=O)(=O)c1cccc(-c2nn(C(C)C)c3c2CCC(C(=O)NC2(C)CS(O)(O)C2)C3)c1. The second kappa shape index (κ2) is 8.94. The van der Waals surface area contributed by atoms with E-state index in [-0.39, 0.29) is 34.3 Å². The fourth-order valence-corrected chi connectivity index (χ4v) is 8.24. The lowest BCUT2D eigenvalue weighted by atomic mass is 9.84. The van der Waals surface area contributed by atoms with Gasteiger partial charge in [0.25, 0.3) is 0 Å². The largest absolute Gasteiger partial charge is 0.348 e. The number of benzene rings is 1. The summed E-state index contributed by atoms with van der Waals surface area (Å²) in [5.74, 6) is 0.0995. The second-order valence-corrected chi connectivity index (χ2v) is 13.9.